The fourth-order valence-corrected chi connectivity index (χ4v) is 3.53. The van der Waals surface area contributed by atoms with Crippen molar-refractivity contribution in [2.45, 2.75) is 45.4 Å². The van der Waals surface area contributed by atoms with Gasteiger partial charge < -0.3 is 5.43 Å². The molecule has 0 bridgehead atoms. The summed E-state index contributed by atoms with van der Waals surface area (Å²) in [5.74, 6) is 5.15. The highest BCUT2D eigenvalue weighted by molar-refractivity contribution is 6.26. The minimum atomic E-state index is -0.203. The van der Waals surface area contributed by atoms with Gasteiger partial charge in [-0.3, -0.25) is 20.3 Å². The van der Waals surface area contributed by atoms with Crippen molar-refractivity contribution in [1.29, 1.82) is 0 Å². The van der Waals surface area contributed by atoms with Crippen LogP contribution in [-0.2, 0) is 0 Å². The minimum absolute atomic E-state index is 0.203. The van der Waals surface area contributed by atoms with Crippen molar-refractivity contribution in [2.75, 3.05) is 12.0 Å². The average molecular weight is 339 g/mol. The summed E-state index contributed by atoms with van der Waals surface area (Å²) in [5.41, 5.74) is 4.51. The molecule has 0 aromatic heterocycles. The van der Waals surface area contributed by atoms with Crippen LogP contribution in [0.5, 0.6) is 0 Å². The molecule has 2 aromatic carbocycles. The molecule has 2 aromatic rings. The maximum absolute atomic E-state index is 12.8. The van der Waals surface area contributed by atoms with Gasteiger partial charge in [0.25, 0.3) is 11.8 Å². The van der Waals surface area contributed by atoms with Crippen LogP contribution in [0, 0.1) is 0 Å². The molecule has 0 aliphatic carbocycles. The summed E-state index contributed by atoms with van der Waals surface area (Å²) in [5, 5.41) is 1.51. The molecule has 0 radical (unpaired) electrons. The highest BCUT2D eigenvalue weighted by atomic mass is 16.2. The number of hydrogen-bond donors (Lipinski definition) is 2. The standard InChI is InChI=1S/C20H25N3O2/c1-2-3-4-5-6-7-13-23-19(24)15-10-8-9-14-17(22-21)12-11-16(18(14)15)20(23)25/h8-12,22H,2-7,13,21H2,1H3. The number of anilines is 1. The number of amides is 2. The first-order valence-corrected chi connectivity index (χ1v) is 9.07. The van der Waals surface area contributed by atoms with Crippen LogP contribution < -0.4 is 11.3 Å². The molecule has 0 unspecified atom stereocenters. The molecule has 1 heterocycles. The summed E-state index contributed by atoms with van der Waals surface area (Å²) in [4.78, 5) is 27.1. The van der Waals surface area contributed by atoms with Gasteiger partial charge in [0.2, 0.25) is 0 Å². The number of hydrogen-bond acceptors (Lipinski definition) is 4. The molecule has 0 saturated carbocycles. The van der Waals surface area contributed by atoms with Gasteiger partial charge in [0.05, 0.1) is 5.69 Å². The molecule has 0 spiro atoms. The van der Waals surface area contributed by atoms with Gasteiger partial charge in [-0.1, -0.05) is 51.2 Å². The molecule has 1 aliphatic rings. The largest absolute Gasteiger partial charge is 0.324 e. The number of carbonyl (C=O) groups excluding carboxylic acids is 2. The predicted molar refractivity (Wildman–Crippen MR) is 101 cm³/mol. The van der Waals surface area contributed by atoms with E-state index in [1.165, 1.54) is 24.2 Å². The van der Waals surface area contributed by atoms with Gasteiger partial charge in [-0.05, 0) is 24.6 Å². The van der Waals surface area contributed by atoms with Gasteiger partial charge in [-0.15, -0.1) is 0 Å². The molecule has 5 heteroatoms. The van der Waals surface area contributed by atoms with Crippen LogP contribution in [0.15, 0.2) is 30.3 Å². The number of nitrogen functional groups attached to an aromatic ring is 1. The molecule has 132 valence electrons. The Kier molecular flexibility index (Phi) is 5.34. The number of imide groups is 1. The van der Waals surface area contributed by atoms with E-state index < -0.39 is 0 Å². The van der Waals surface area contributed by atoms with E-state index in [2.05, 4.69) is 12.3 Å². The van der Waals surface area contributed by atoms with E-state index in [0.717, 1.165) is 24.6 Å². The van der Waals surface area contributed by atoms with Crippen molar-refractivity contribution < 1.29 is 9.59 Å². The van der Waals surface area contributed by atoms with Crippen LogP contribution >= 0.6 is 0 Å². The summed E-state index contributed by atoms with van der Waals surface area (Å²) in [6.07, 6.45) is 6.73. The SMILES string of the molecule is CCCCCCCCN1C(=O)c2cccc3c(NN)ccc(c23)C1=O. The maximum atomic E-state index is 12.8. The molecular formula is C20H25N3O2. The number of nitrogens with zero attached hydrogens (tertiary/aromatic N) is 1. The predicted octanol–water partition coefficient (Wildman–Crippen LogP) is 4.08. The van der Waals surface area contributed by atoms with Gasteiger partial charge >= 0.3 is 0 Å². The lowest BCUT2D eigenvalue weighted by Gasteiger charge is -2.27. The Morgan fingerprint density at radius 1 is 0.920 bits per heavy atom. The van der Waals surface area contributed by atoms with E-state index in [9.17, 15) is 9.59 Å². The zero-order valence-electron chi connectivity index (χ0n) is 14.7. The zero-order valence-corrected chi connectivity index (χ0v) is 14.7. The van der Waals surface area contributed by atoms with Gasteiger partial charge in [0.15, 0.2) is 0 Å². The van der Waals surface area contributed by atoms with Crippen LogP contribution in [0.25, 0.3) is 10.8 Å². The van der Waals surface area contributed by atoms with Crippen molar-refractivity contribution in [3.05, 3.63) is 41.5 Å². The van der Waals surface area contributed by atoms with Gasteiger partial charge in [-0.2, -0.15) is 0 Å². The lowest BCUT2D eigenvalue weighted by atomic mass is 9.93. The molecule has 0 atom stereocenters. The lowest BCUT2D eigenvalue weighted by Crippen LogP contribution is -2.40. The third-order valence-corrected chi connectivity index (χ3v) is 4.88. The molecule has 0 fully saturated rings. The summed E-state index contributed by atoms with van der Waals surface area (Å²) in [6.45, 7) is 2.67. The smallest absolute Gasteiger partial charge is 0.261 e. The summed E-state index contributed by atoms with van der Waals surface area (Å²) >= 11 is 0. The van der Waals surface area contributed by atoms with E-state index in [0.29, 0.717) is 28.7 Å². The number of hydrazine groups is 1. The molecule has 5 nitrogen and oxygen atoms in total. The first kappa shape index (κ1) is 17.4. The Labute approximate surface area is 148 Å². The Bertz CT molecular complexity index is 779. The third kappa shape index (κ3) is 3.24. The van der Waals surface area contributed by atoms with Crippen LogP contribution in [-0.4, -0.2) is 23.3 Å². The van der Waals surface area contributed by atoms with Crippen molar-refractivity contribution in [1.82, 2.24) is 4.90 Å². The number of carbonyl (C=O) groups is 2. The molecule has 3 N–H and O–H groups in total. The van der Waals surface area contributed by atoms with E-state index in [-0.39, 0.29) is 11.8 Å². The van der Waals surface area contributed by atoms with E-state index in [1.54, 1.807) is 18.2 Å². The number of benzene rings is 2. The third-order valence-electron chi connectivity index (χ3n) is 4.88. The van der Waals surface area contributed by atoms with E-state index >= 15 is 0 Å². The molecule has 1 aliphatic heterocycles. The highest BCUT2D eigenvalue weighted by Crippen LogP contribution is 2.34. The summed E-state index contributed by atoms with van der Waals surface area (Å²) < 4.78 is 0. The number of nitrogens with two attached hydrogens (primary N) is 1. The maximum Gasteiger partial charge on any atom is 0.261 e. The van der Waals surface area contributed by atoms with Crippen molar-refractivity contribution in [3.8, 4) is 0 Å². The Morgan fingerprint density at radius 3 is 2.32 bits per heavy atom. The quantitative estimate of drug-likeness (QED) is 0.329. The monoisotopic (exact) mass is 339 g/mol. The lowest BCUT2D eigenvalue weighted by molar-refractivity contribution is 0.0608. The normalized spacial score (nSPS) is 13.6. The minimum Gasteiger partial charge on any atom is -0.324 e. The van der Waals surface area contributed by atoms with Crippen molar-refractivity contribution in [3.63, 3.8) is 0 Å². The molecule has 25 heavy (non-hydrogen) atoms. The fraction of sp³-hybridized carbons (Fsp3) is 0.400. The van der Waals surface area contributed by atoms with Gasteiger partial charge in [0.1, 0.15) is 0 Å². The van der Waals surface area contributed by atoms with Crippen LogP contribution in [0.3, 0.4) is 0 Å². The van der Waals surface area contributed by atoms with Crippen molar-refractivity contribution in [2.24, 2.45) is 5.84 Å². The first-order chi connectivity index (χ1) is 12.2. The average Bonchev–Trinajstić information content (AvgIpc) is 2.64. The second kappa shape index (κ2) is 7.66. The first-order valence-electron chi connectivity index (χ1n) is 9.07. The second-order valence-electron chi connectivity index (χ2n) is 6.56. The number of nitrogens with one attached hydrogen (secondary N) is 1. The fourth-order valence-electron chi connectivity index (χ4n) is 3.53. The summed E-state index contributed by atoms with van der Waals surface area (Å²) in [6, 6.07) is 9.04. The second-order valence-corrected chi connectivity index (χ2v) is 6.56. The summed E-state index contributed by atoms with van der Waals surface area (Å²) in [7, 11) is 0. The highest BCUT2D eigenvalue weighted by Gasteiger charge is 2.32. The zero-order chi connectivity index (χ0) is 17.8. The molecule has 3 rings (SSSR count). The molecular weight excluding hydrogens is 314 g/mol. The van der Waals surface area contributed by atoms with Crippen LogP contribution in [0.2, 0.25) is 0 Å². The molecule has 0 saturated heterocycles. The Balaban J connectivity index is 1.82. The molecule has 2 amide bonds. The van der Waals surface area contributed by atoms with E-state index in [1.807, 2.05) is 12.1 Å². The Hall–Kier alpha value is -2.40. The van der Waals surface area contributed by atoms with Crippen LogP contribution in [0.1, 0.15) is 66.2 Å². The Morgan fingerprint density at radius 2 is 1.60 bits per heavy atom. The van der Waals surface area contributed by atoms with Gasteiger partial charge in [-0.25, -0.2) is 0 Å². The number of unbranched alkanes of at least 4 members (excludes halogenated alkanes) is 5. The van der Waals surface area contributed by atoms with Gasteiger partial charge in [0, 0.05) is 28.4 Å². The van der Waals surface area contributed by atoms with Crippen molar-refractivity contribution >= 4 is 28.3 Å². The van der Waals surface area contributed by atoms with E-state index in [4.69, 9.17) is 5.84 Å². The topological polar surface area (TPSA) is 75.4 Å². The number of rotatable bonds is 8. The van der Waals surface area contributed by atoms with Crippen LogP contribution in [0.4, 0.5) is 5.69 Å².